The van der Waals surface area contributed by atoms with Gasteiger partial charge in [0.1, 0.15) is 17.7 Å². The van der Waals surface area contributed by atoms with E-state index in [1.807, 2.05) is 42.5 Å². The molecule has 0 spiro atoms. The van der Waals surface area contributed by atoms with Gasteiger partial charge in [0.2, 0.25) is 5.91 Å². The first-order valence-corrected chi connectivity index (χ1v) is 13.7. The summed E-state index contributed by atoms with van der Waals surface area (Å²) < 4.78 is 21.9. The van der Waals surface area contributed by atoms with Crippen molar-refractivity contribution in [2.45, 2.75) is 84.2 Å². The normalized spacial score (nSPS) is 16.4. The third-order valence-electron chi connectivity index (χ3n) is 6.76. The zero-order valence-corrected chi connectivity index (χ0v) is 24.6. The number of amides is 1. The predicted octanol–water partition coefficient (Wildman–Crippen LogP) is 3.84. The quantitative estimate of drug-likeness (QED) is 0.418. The van der Waals surface area contributed by atoms with Crippen LogP contribution >= 0.6 is 0 Å². The van der Waals surface area contributed by atoms with Crippen molar-refractivity contribution in [3.63, 3.8) is 0 Å². The van der Waals surface area contributed by atoms with Crippen LogP contribution in [0.4, 0.5) is 0 Å². The lowest BCUT2D eigenvalue weighted by atomic mass is 9.92. The first kappa shape index (κ1) is 30.9. The third kappa shape index (κ3) is 7.97. The fourth-order valence-corrected chi connectivity index (χ4v) is 4.81. The Labute approximate surface area is 237 Å². The Hall–Kier alpha value is -3.59. The van der Waals surface area contributed by atoms with Crippen LogP contribution in [0, 0.1) is 0 Å². The van der Waals surface area contributed by atoms with Crippen LogP contribution in [0.25, 0.3) is 0 Å². The van der Waals surface area contributed by atoms with Gasteiger partial charge >= 0.3 is 11.9 Å². The van der Waals surface area contributed by atoms with Gasteiger partial charge in [0.25, 0.3) is 0 Å². The number of nitrogens with zero attached hydrogens (tertiary/aromatic N) is 1. The molecule has 0 radical (unpaired) electrons. The summed E-state index contributed by atoms with van der Waals surface area (Å²) in [5.74, 6) is -0.124. The van der Waals surface area contributed by atoms with Crippen molar-refractivity contribution in [2.24, 2.45) is 0 Å². The number of aryl methyl sites for hydroxylation is 1. The van der Waals surface area contributed by atoms with Gasteiger partial charge in [-0.2, -0.15) is 0 Å². The topological polar surface area (TPSA) is 103 Å². The van der Waals surface area contributed by atoms with Gasteiger partial charge < -0.3 is 23.8 Å². The molecule has 9 nitrogen and oxygen atoms in total. The summed E-state index contributed by atoms with van der Waals surface area (Å²) in [7, 11) is 3.11. The minimum Gasteiger partial charge on any atom is -0.493 e. The highest BCUT2D eigenvalue weighted by molar-refractivity contribution is 5.89. The molecule has 1 aliphatic rings. The van der Waals surface area contributed by atoms with E-state index in [1.165, 1.54) is 4.90 Å². The maximum Gasteiger partial charge on any atom is 0.329 e. The van der Waals surface area contributed by atoms with Crippen molar-refractivity contribution in [2.75, 3.05) is 20.8 Å². The molecule has 3 atom stereocenters. The number of carbonyl (C=O) groups excluding carboxylic acids is 3. The van der Waals surface area contributed by atoms with Crippen molar-refractivity contribution in [3.8, 4) is 11.5 Å². The van der Waals surface area contributed by atoms with E-state index >= 15 is 0 Å². The monoisotopic (exact) mass is 554 g/mol. The van der Waals surface area contributed by atoms with Gasteiger partial charge in [0.05, 0.1) is 26.9 Å². The largest absolute Gasteiger partial charge is 0.493 e. The molecule has 1 amide bonds. The first-order chi connectivity index (χ1) is 19.0. The van der Waals surface area contributed by atoms with E-state index in [1.54, 1.807) is 48.8 Å². The standard InChI is InChI=1S/C31H42N2O7/c1-8-39-29(35)24(15-14-21-12-10-9-11-13-21)32-20(2)28(34)33-19-23-18-27(38-7)26(37-6)17-22(23)16-25(33)30(36)40-31(3,4)5/h9-13,17-18,20,24-25,32H,8,14-16,19H2,1-7H3/t20-,24?,25-/m0/s1. The number of fused-ring (bicyclic) bond motifs is 1. The van der Waals surface area contributed by atoms with Crippen LogP contribution in [0.1, 0.15) is 57.7 Å². The van der Waals surface area contributed by atoms with Crippen LogP contribution in [0.3, 0.4) is 0 Å². The van der Waals surface area contributed by atoms with Crippen molar-refractivity contribution in [3.05, 3.63) is 59.2 Å². The van der Waals surface area contributed by atoms with Crippen molar-refractivity contribution in [1.82, 2.24) is 10.2 Å². The molecule has 2 aromatic rings. The summed E-state index contributed by atoms with van der Waals surface area (Å²) >= 11 is 0. The minimum absolute atomic E-state index is 0.179. The number of nitrogens with one attached hydrogen (secondary N) is 1. The molecule has 1 N–H and O–H groups in total. The molecule has 0 saturated heterocycles. The molecular formula is C31H42N2O7. The highest BCUT2D eigenvalue weighted by Crippen LogP contribution is 2.35. The molecule has 0 aromatic heterocycles. The molecule has 1 heterocycles. The molecule has 40 heavy (non-hydrogen) atoms. The van der Waals surface area contributed by atoms with Gasteiger partial charge in [0, 0.05) is 13.0 Å². The summed E-state index contributed by atoms with van der Waals surface area (Å²) in [4.78, 5) is 41.6. The first-order valence-electron chi connectivity index (χ1n) is 13.7. The molecule has 0 saturated carbocycles. The zero-order chi connectivity index (χ0) is 29.4. The zero-order valence-electron chi connectivity index (χ0n) is 24.6. The number of hydrogen-bond acceptors (Lipinski definition) is 8. The van der Waals surface area contributed by atoms with Gasteiger partial charge in [0.15, 0.2) is 11.5 Å². The van der Waals surface area contributed by atoms with E-state index in [4.69, 9.17) is 18.9 Å². The third-order valence-corrected chi connectivity index (χ3v) is 6.76. The second-order valence-electron chi connectivity index (χ2n) is 10.9. The molecule has 2 aromatic carbocycles. The molecule has 1 unspecified atom stereocenters. The van der Waals surface area contributed by atoms with E-state index in [9.17, 15) is 14.4 Å². The number of benzene rings is 2. The fraction of sp³-hybridized carbons (Fsp3) is 0.516. The lowest BCUT2D eigenvalue weighted by Crippen LogP contribution is -2.57. The van der Waals surface area contributed by atoms with E-state index in [2.05, 4.69) is 5.32 Å². The highest BCUT2D eigenvalue weighted by atomic mass is 16.6. The number of ether oxygens (including phenoxy) is 4. The molecule has 3 rings (SSSR count). The summed E-state index contributed by atoms with van der Waals surface area (Å²) in [6.07, 6.45) is 1.35. The van der Waals surface area contributed by atoms with Gasteiger partial charge in [-0.15, -0.1) is 0 Å². The number of carbonyl (C=O) groups is 3. The molecule has 218 valence electrons. The van der Waals surface area contributed by atoms with Crippen molar-refractivity contribution in [1.29, 1.82) is 0 Å². The maximum atomic E-state index is 13.9. The van der Waals surface area contributed by atoms with Gasteiger partial charge in [-0.3, -0.25) is 14.9 Å². The Morgan fingerprint density at radius 2 is 1.65 bits per heavy atom. The van der Waals surface area contributed by atoms with Crippen molar-refractivity contribution >= 4 is 17.8 Å². The summed E-state index contributed by atoms with van der Waals surface area (Å²) in [5.41, 5.74) is 2.09. The van der Waals surface area contributed by atoms with E-state index < -0.39 is 35.7 Å². The molecule has 0 bridgehead atoms. The number of hydrogen-bond donors (Lipinski definition) is 1. The molecular weight excluding hydrogens is 512 g/mol. The van der Waals surface area contributed by atoms with Crippen LogP contribution in [-0.4, -0.2) is 67.3 Å². The Kier molecular flexibility index (Phi) is 10.6. The van der Waals surface area contributed by atoms with Crippen LogP contribution < -0.4 is 14.8 Å². The van der Waals surface area contributed by atoms with E-state index in [-0.39, 0.29) is 25.5 Å². The van der Waals surface area contributed by atoms with Crippen LogP contribution in [-0.2, 0) is 43.2 Å². The SMILES string of the molecule is CCOC(=O)C(CCc1ccccc1)N[C@@H](C)C(=O)N1Cc2cc(OC)c(OC)cc2C[C@H]1C(=O)OC(C)(C)C. The van der Waals surface area contributed by atoms with E-state index in [0.717, 1.165) is 16.7 Å². The number of esters is 2. The average Bonchev–Trinajstić information content (AvgIpc) is 2.92. The van der Waals surface area contributed by atoms with Crippen molar-refractivity contribution < 1.29 is 33.3 Å². The van der Waals surface area contributed by atoms with E-state index in [0.29, 0.717) is 24.3 Å². The maximum absolute atomic E-state index is 13.9. The second kappa shape index (κ2) is 13.7. The van der Waals surface area contributed by atoms with Crippen LogP contribution in [0.2, 0.25) is 0 Å². The highest BCUT2D eigenvalue weighted by Gasteiger charge is 2.40. The van der Waals surface area contributed by atoms with Crippen LogP contribution in [0.5, 0.6) is 11.5 Å². The van der Waals surface area contributed by atoms with Gasteiger partial charge in [-0.1, -0.05) is 30.3 Å². The molecule has 1 aliphatic heterocycles. The Balaban J connectivity index is 1.86. The lowest BCUT2D eigenvalue weighted by Gasteiger charge is -2.38. The summed E-state index contributed by atoms with van der Waals surface area (Å²) in [6.45, 7) is 9.25. The fourth-order valence-electron chi connectivity index (χ4n) is 4.81. The average molecular weight is 555 g/mol. The Bertz CT molecular complexity index is 1180. The molecule has 9 heteroatoms. The van der Waals surface area contributed by atoms with Crippen LogP contribution in [0.15, 0.2) is 42.5 Å². The minimum atomic E-state index is -0.841. The second-order valence-corrected chi connectivity index (χ2v) is 10.9. The Morgan fingerprint density at radius 1 is 1.02 bits per heavy atom. The lowest BCUT2D eigenvalue weighted by molar-refractivity contribution is -0.166. The number of rotatable bonds is 11. The predicted molar refractivity (Wildman–Crippen MR) is 151 cm³/mol. The molecule has 0 fully saturated rings. The summed E-state index contributed by atoms with van der Waals surface area (Å²) in [6, 6.07) is 11.2. The molecule has 0 aliphatic carbocycles. The summed E-state index contributed by atoms with van der Waals surface area (Å²) in [5, 5.41) is 3.18. The Morgan fingerprint density at radius 3 is 2.23 bits per heavy atom. The van der Waals surface area contributed by atoms with Gasteiger partial charge in [-0.25, -0.2) is 4.79 Å². The number of methoxy groups -OCH3 is 2. The smallest absolute Gasteiger partial charge is 0.329 e. The van der Waals surface area contributed by atoms with Gasteiger partial charge in [-0.05, 0) is 76.3 Å².